The van der Waals surface area contributed by atoms with Crippen LogP contribution in [0.1, 0.15) is 19.8 Å². The lowest BCUT2D eigenvalue weighted by Gasteiger charge is -2.35. The molecule has 0 saturated heterocycles. The second-order valence-corrected chi connectivity index (χ2v) is 4.01. The number of hydrogen-bond donors (Lipinski definition) is 1. The number of amides is 1. The van der Waals surface area contributed by atoms with E-state index in [0.29, 0.717) is 5.92 Å². The van der Waals surface area contributed by atoms with E-state index < -0.39 is 0 Å². The molecule has 1 aliphatic carbocycles. The Morgan fingerprint density at radius 3 is 3.06 bits per heavy atom. The number of aromatic nitrogens is 3. The molecule has 0 aliphatic heterocycles. The Morgan fingerprint density at radius 2 is 2.44 bits per heavy atom. The number of hydrogen-bond acceptors (Lipinski definition) is 3. The normalized spacial score (nSPS) is 22.8. The summed E-state index contributed by atoms with van der Waals surface area (Å²) in [6, 6.07) is 0.280. The van der Waals surface area contributed by atoms with Crippen molar-refractivity contribution in [2.24, 2.45) is 5.92 Å². The smallest absolute Gasteiger partial charge is 0.296 e. The highest BCUT2D eigenvalue weighted by Crippen LogP contribution is 2.28. The molecule has 0 spiro atoms. The van der Waals surface area contributed by atoms with Gasteiger partial charge in [0.2, 0.25) is 0 Å². The van der Waals surface area contributed by atoms with Crippen molar-refractivity contribution in [1.82, 2.24) is 20.3 Å². The van der Waals surface area contributed by atoms with Gasteiger partial charge in [-0.1, -0.05) is 11.1 Å². The van der Waals surface area contributed by atoms with Gasteiger partial charge in [0.25, 0.3) is 5.91 Å². The first-order valence-corrected chi connectivity index (χ1v) is 5.35. The molecule has 2 rings (SSSR count). The highest BCUT2D eigenvalue weighted by Gasteiger charge is 2.30. The lowest BCUT2D eigenvalue weighted by atomic mass is 9.80. The number of nitrogens with one attached hydrogen (secondary N) is 1. The molecule has 0 aromatic carbocycles. The quantitative estimate of drug-likeness (QED) is 0.737. The van der Waals surface area contributed by atoms with E-state index >= 15 is 0 Å². The Morgan fingerprint density at radius 1 is 1.62 bits per heavy atom. The zero-order valence-corrected chi connectivity index (χ0v) is 9.18. The van der Waals surface area contributed by atoms with Crippen LogP contribution < -0.4 is 5.32 Å². The SMILES string of the molecule is CC#CC(=O)NC1CC(Cn2ccnn2)C1. The summed E-state index contributed by atoms with van der Waals surface area (Å²) >= 11 is 0. The predicted molar refractivity (Wildman–Crippen MR) is 58.1 cm³/mol. The van der Waals surface area contributed by atoms with Crippen LogP contribution in [0.4, 0.5) is 0 Å². The molecule has 0 unspecified atom stereocenters. The average molecular weight is 218 g/mol. The summed E-state index contributed by atoms with van der Waals surface area (Å²) in [4.78, 5) is 11.2. The molecular formula is C11H14N4O. The third kappa shape index (κ3) is 2.60. The summed E-state index contributed by atoms with van der Waals surface area (Å²) in [5.74, 6) is 5.47. The number of rotatable bonds is 3. The Labute approximate surface area is 94.2 Å². The van der Waals surface area contributed by atoms with Gasteiger partial charge in [-0.2, -0.15) is 0 Å². The molecule has 1 N–H and O–H groups in total. The van der Waals surface area contributed by atoms with E-state index in [9.17, 15) is 4.79 Å². The zero-order chi connectivity index (χ0) is 11.4. The summed E-state index contributed by atoms with van der Waals surface area (Å²) in [6.45, 7) is 2.54. The largest absolute Gasteiger partial charge is 0.343 e. The fourth-order valence-corrected chi connectivity index (χ4v) is 1.93. The molecule has 1 saturated carbocycles. The molecule has 1 amide bonds. The first-order chi connectivity index (χ1) is 7.78. The van der Waals surface area contributed by atoms with Crippen LogP contribution in [0.2, 0.25) is 0 Å². The average Bonchev–Trinajstić information content (AvgIpc) is 2.67. The summed E-state index contributed by atoms with van der Waals surface area (Å²) in [6.07, 6.45) is 5.53. The number of nitrogens with zero attached hydrogens (tertiary/aromatic N) is 3. The Bertz CT molecular complexity index is 409. The molecule has 1 aliphatic rings. The maximum atomic E-state index is 11.2. The molecule has 1 aromatic rings. The van der Waals surface area contributed by atoms with Crippen molar-refractivity contribution in [2.75, 3.05) is 0 Å². The van der Waals surface area contributed by atoms with Gasteiger partial charge in [-0.25, -0.2) is 0 Å². The fraction of sp³-hybridized carbons (Fsp3) is 0.545. The molecular weight excluding hydrogens is 204 g/mol. The number of carbonyl (C=O) groups excluding carboxylic acids is 1. The standard InChI is InChI=1S/C11H14N4O/c1-2-3-11(16)13-10-6-9(7-10)8-15-5-4-12-14-15/h4-5,9-10H,6-8H2,1H3,(H,13,16). The molecule has 84 valence electrons. The third-order valence-electron chi connectivity index (χ3n) is 2.73. The van der Waals surface area contributed by atoms with Crippen molar-refractivity contribution < 1.29 is 4.79 Å². The summed E-state index contributed by atoms with van der Waals surface area (Å²) in [7, 11) is 0. The Hall–Kier alpha value is -1.83. The second-order valence-electron chi connectivity index (χ2n) is 4.01. The molecule has 0 radical (unpaired) electrons. The van der Waals surface area contributed by atoms with Crippen LogP contribution in [-0.4, -0.2) is 26.9 Å². The van der Waals surface area contributed by atoms with Gasteiger partial charge in [-0.3, -0.25) is 9.48 Å². The maximum Gasteiger partial charge on any atom is 0.296 e. The van der Waals surface area contributed by atoms with Crippen molar-refractivity contribution in [3.63, 3.8) is 0 Å². The van der Waals surface area contributed by atoms with Crippen LogP contribution >= 0.6 is 0 Å². The van der Waals surface area contributed by atoms with E-state index in [2.05, 4.69) is 27.5 Å². The Balaban J connectivity index is 1.69. The summed E-state index contributed by atoms with van der Waals surface area (Å²) in [5.41, 5.74) is 0. The molecule has 0 bridgehead atoms. The zero-order valence-electron chi connectivity index (χ0n) is 9.18. The van der Waals surface area contributed by atoms with Crippen molar-refractivity contribution in [3.8, 4) is 11.8 Å². The third-order valence-corrected chi connectivity index (χ3v) is 2.73. The topological polar surface area (TPSA) is 59.8 Å². The van der Waals surface area contributed by atoms with Crippen LogP contribution in [0.3, 0.4) is 0 Å². The van der Waals surface area contributed by atoms with Gasteiger partial charge in [0.15, 0.2) is 0 Å². The van der Waals surface area contributed by atoms with Gasteiger partial charge < -0.3 is 5.32 Å². The van der Waals surface area contributed by atoms with Crippen LogP contribution in [0, 0.1) is 17.8 Å². The highest BCUT2D eigenvalue weighted by atomic mass is 16.1. The van der Waals surface area contributed by atoms with Crippen LogP contribution in [0.5, 0.6) is 0 Å². The van der Waals surface area contributed by atoms with E-state index in [1.807, 2.05) is 10.9 Å². The minimum absolute atomic E-state index is 0.174. The first-order valence-electron chi connectivity index (χ1n) is 5.35. The molecule has 1 heterocycles. The molecule has 5 heteroatoms. The van der Waals surface area contributed by atoms with Gasteiger partial charge in [-0.15, -0.1) is 5.10 Å². The lowest BCUT2D eigenvalue weighted by molar-refractivity contribution is -0.117. The number of carbonyl (C=O) groups is 1. The van der Waals surface area contributed by atoms with E-state index in [1.165, 1.54) is 0 Å². The van der Waals surface area contributed by atoms with E-state index in [-0.39, 0.29) is 11.9 Å². The monoisotopic (exact) mass is 218 g/mol. The van der Waals surface area contributed by atoms with Gasteiger partial charge in [0, 0.05) is 18.8 Å². The van der Waals surface area contributed by atoms with Gasteiger partial charge in [0.05, 0.1) is 6.20 Å². The molecule has 0 atom stereocenters. The molecule has 1 fully saturated rings. The van der Waals surface area contributed by atoms with E-state index in [4.69, 9.17) is 0 Å². The summed E-state index contributed by atoms with van der Waals surface area (Å²) < 4.78 is 1.83. The van der Waals surface area contributed by atoms with Gasteiger partial charge in [0.1, 0.15) is 0 Å². The first kappa shape index (κ1) is 10.7. The van der Waals surface area contributed by atoms with Crippen molar-refractivity contribution in [1.29, 1.82) is 0 Å². The predicted octanol–water partition coefficient (Wildman–Crippen LogP) is 0.196. The maximum absolute atomic E-state index is 11.2. The van der Waals surface area contributed by atoms with Crippen LogP contribution in [0.25, 0.3) is 0 Å². The molecule has 5 nitrogen and oxygen atoms in total. The van der Waals surface area contributed by atoms with Crippen molar-refractivity contribution in [3.05, 3.63) is 12.4 Å². The Kier molecular flexibility index (Phi) is 3.20. The van der Waals surface area contributed by atoms with Crippen LogP contribution in [0.15, 0.2) is 12.4 Å². The minimum Gasteiger partial charge on any atom is -0.343 e. The fourth-order valence-electron chi connectivity index (χ4n) is 1.93. The van der Waals surface area contributed by atoms with E-state index in [0.717, 1.165) is 19.4 Å². The van der Waals surface area contributed by atoms with E-state index in [1.54, 1.807) is 13.1 Å². The lowest BCUT2D eigenvalue weighted by Crippen LogP contribution is -2.45. The molecule has 16 heavy (non-hydrogen) atoms. The van der Waals surface area contributed by atoms with Crippen molar-refractivity contribution >= 4 is 5.91 Å². The van der Waals surface area contributed by atoms with Gasteiger partial charge >= 0.3 is 0 Å². The van der Waals surface area contributed by atoms with Gasteiger partial charge in [-0.05, 0) is 31.6 Å². The molecule has 1 aromatic heterocycles. The highest BCUT2D eigenvalue weighted by molar-refractivity contribution is 5.93. The minimum atomic E-state index is -0.174. The van der Waals surface area contributed by atoms with Crippen molar-refractivity contribution in [2.45, 2.75) is 32.4 Å². The summed E-state index contributed by atoms with van der Waals surface area (Å²) in [5, 5.41) is 10.5. The van der Waals surface area contributed by atoms with Crippen LogP contribution in [-0.2, 0) is 11.3 Å². The second kappa shape index (κ2) is 4.79.